The highest BCUT2D eigenvalue weighted by atomic mass is 32.2. The van der Waals surface area contributed by atoms with E-state index in [1.165, 1.54) is 32.6 Å². The molecule has 0 radical (unpaired) electrons. The quantitative estimate of drug-likeness (QED) is 0.352. The molecule has 3 aromatic heterocycles. The lowest BCUT2D eigenvalue weighted by atomic mass is 10.1. The predicted octanol–water partition coefficient (Wildman–Crippen LogP) is 3.68. The highest BCUT2D eigenvalue weighted by Crippen LogP contribution is 2.39. The average Bonchev–Trinajstić information content (AvgIpc) is 3.54. The van der Waals surface area contributed by atoms with Crippen molar-refractivity contribution in [2.24, 2.45) is 0 Å². The van der Waals surface area contributed by atoms with Gasteiger partial charge in [0, 0.05) is 68.5 Å². The summed E-state index contributed by atoms with van der Waals surface area (Å²) >= 11 is 1.80. The van der Waals surface area contributed by atoms with E-state index in [1.807, 2.05) is 16.9 Å². The Labute approximate surface area is 233 Å². The van der Waals surface area contributed by atoms with Crippen LogP contribution in [0.15, 0.2) is 42.6 Å². The molecule has 0 unspecified atom stereocenters. The molecule has 1 aromatic carbocycles. The fourth-order valence-electron chi connectivity index (χ4n) is 5.33. The number of aryl methyl sites for hydroxylation is 2. The number of hydrogen-bond donors (Lipinski definition) is 0. The molecule has 9 nitrogen and oxygen atoms in total. The van der Waals surface area contributed by atoms with Crippen molar-refractivity contribution in [3.63, 3.8) is 0 Å². The van der Waals surface area contributed by atoms with Gasteiger partial charge in [-0.2, -0.15) is 9.40 Å². The third kappa shape index (κ3) is 5.46. The minimum atomic E-state index is -3.14. The molecule has 0 N–H and O–H groups in total. The van der Waals surface area contributed by atoms with Crippen molar-refractivity contribution < 1.29 is 13.2 Å². The van der Waals surface area contributed by atoms with Crippen molar-refractivity contribution in [1.29, 1.82) is 0 Å². The second kappa shape index (κ2) is 10.6. The second-order valence-electron chi connectivity index (χ2n) is 10.4. The van der Waals surface area contributed by atoms with Crippen LogP contribution in [0.25, 0.3) is 27.3 Å². The lowest BCUT2D eigenvalue weighted by Crippen LogP contribution is -2.47. The molecule has 0 bridgehead atoms. The van der Waals surface area contributed by atoms with E-state index in [1.54, 1.807) is 15.6 Å². The lowest BCUT2D eigenvalue weighted by Gasteiger charge is -2.33. The maximum atomic E-state index is 11.9. The molecule has 0 amide bonds. The topological polar surface area (TPSA) is 83.8 Å². The van der Waals surface area contributed by atoms with E-state index in [0.717, 1.165) is 55.3 Å². The van der Waals surface area contributed by atoms with Crippen LogP contribution in [0.5, 0.6) is 0 Å². The SMILES string of the molecule is Cc1cccc(-c2ccn(-c3cc(N4CCOCC4)c4sc(CN5CCN(S(C)(=O)=O)CC5)c(C)c4n3)n2)c1. The van der Waals surface area contributed by atoms with Gasteiger partial charge in [-0.05, 0) is 31.5 Å². The van der Waals surface area contributed by atoms with E-state index in [-0.39, 0.29) is 0 Å². The first-order valence-electron chi connectivity index (χ1n) is 13.3. The highest BCUT2D eigenvalue weighted by molar-refractivity contribution is 7.88. The van der Waals surface area contributed by atoms with Crippen molar-refractivity contribution in [3.8, 4) is 17.1 Å². The predicted molar refractivity (Wildman–Crippen MR) is 156 cm³/mol. The Morgan fingerprint density at radius 2 is 1.77 bits per heavy atom. The van der Waals surface area contributed by atoms with Gasteiger partial charge >= 0.3 is 0 Å². The number of fused-ring (bicyclic) bond motifs is 1. The van der Waals surface area contributed by atoms with Gasteiger partial charge in [-0.15, -0.1) is 11.3 Å². The summed E-state index contributed by atoms with van der Waals surface area (Å²) in [5, 5.41) is 4.89. The molecule has 6 rings (SSSR count). The van der Waals surface area contributed by atoms with E-state index in [4.69, 9.17) is 14.8 Å². The minimum absolute atomic E-state index is 0.534. The summed E-state index contributed by atoms with van der Waals surface area (Å²) in [5.74, 6) is 0.803. The number of aromatic nitrogens is 3. The van der Waals surface area contributed by atoms with Gasteiger partial charge < -0.3 is 9.64 Å². The summed E-state index contributed by atoms with van der Waals surface area (Å²) in [7, 11) is -3.14. The molecule has 5 heterocycles. The number of anilines is 1. The monoisotopic (exact) mass is 566 g/mol. The Kier molecular flexibility index (Phi) is 7.19. The van der Waals surface area contributed by atoms with Gasteiger partial charge in [-0.3, -0.25) is 4.90 Å². The number of ether oxygens (including phenoxy) is 1. The van der Waals surface area contributed by atoms with Crippen LogP contribution in [-0.4, -0.2) is 91.1 Å². The normalized spacial score (nSPS) is 17.8. The molecule has 4 aromatic rings. The largest absolute Gasteiger partial charge is 0.378 e. The first-order chi connectivity index (χ1) is 18.8. The number of nitrogens with zero attached hydrogens (tertiary/aromatic N) is 6. The van der Waals surface area contributed by atoms with Crippen LogP contribution in [0, 0.1) is 13.8 Å². The number of pyridine rings is 1. The van der Waals surface area contributed by atoms with Crippen LogP contribution in [-0.2, 0) is 21.3 Å². The van der Waals surface area contributed by atoms with Crippen molar-refractivity contribution >= 4 is 37.3 Å². The zero-order chi connectivity index (χ0) is 27.1. The van der Waals surface area contributed by atoms with Crippen LogP contribution < -0.4 is 4.90 Å². The van der Waals surface area contributed by atoms with Gasteiger partial charge in [0.1, 0.15) is 0 Å². The first kappa shape index (κ1) is 26.4. The van der Waals surface area contributed by atoms with E-state index in [9.17, 15) is 8.42 Å². The lowest BCUT2D eigenvalue weighted by molar-refractivity contribution is 0.123. The maximum absolute atomic E-state index is 11.9. The molecular formula is C28H34N6O3S2. The Morgan fingerprint density at radius 1 is 1.00 bits per heavy atom. The molecule has 0 aliphatic carbocycles. The summed E-state index contributed by atoms with van der Waals surface area (Å²) in [5.41, 5.74) is 6.58. The third-order valence-electron chi connectivity index (χ3n) is 7.60. The number of thiophene rings is 1. The zero-order valence-corrected chi connectivity index (χ0v) is 24.3. The van der Waals surface area contributed by atoms with Crippen LogP contribution in [0.4, 0.5) is 5.69 Å². The minimum Gasteiger partial charge on any atom is -0.378 e. The van der Waals surface area contributed by atoms with Crippen LogP contribution >= 0.6 is 11.3 Å². The number of rotatable bonds is 6. The molecule has 0 atom stereocenters. The fourth-order valence-corrected chi connectivity index (χ4v) is 7.49. The van der Waals surface area contributed by atoms with E-state index in [0.29, 0.717) is 26.3 Å². The molecule has 2 aliphatic heterocycles. The van der Waals surface area contributed by atoms with Crippen LogP contribution in [0.3, 0.4) is 0 Å². The van der Waals surface area contributed by atoms with Crippen molar-refractivity contribution in [1.82, 2.24) is 24.0 Å². The summed E-state index contributed by atoms with van der Waals surface area (Å²) < 4.78 is 34.2. The smallest absolute Gasteiger partial charge is 0.211 e. The molecule has 11 heteroatoms. The van der Waals surface area contributed by atoms with Gasteiger partial charge in [0.05, 0.1) is 41.1 Å². The molecule has 2 saturated heterocycles. The van der Waals surface area contributed by atoms with E-state index >= 15 is 0 Å². The number of hydrogen-bond acceptors (Lipinski definition) is 8. The fraction of sp³-hybridized carbons (Fsp3) is 0.429. The standard InChI is InChI=1S/C28H34N6O3S2/c1-20-5-4-6-22(17-20)23-7-8-34(30-23)26-18-24(32-13-15-37-16-14-32)28-27(29-26)21(2)25(38-28)19-31-9-11-33(12-10-31)39(3,35)36/h4-8,17-18H,9-16,19H2,1-3H3. The summed E-state index contributed by atoms with van der Waals surface area (Å²) in [6, 6.07) is 12.6. The highest BCUT2D eigenvalue weighted by Gasteiger charge is 2.26. The summed E-state index contributed by atoms with van der Waals surface area (Å²) in [4.78, 5) is 11.1. The van der Waals surface area contributed by atoms with Crippen molar-refractivity contribution in [3.05, 3.63) is 58.6 Å². The zero-order valence-electron chi connectivity index (χ0n) is 22.6. The molecule has 2 fully saturated rings. The number of morpholine rings is 1. The molecule has 0 saturated carbocycles. The Hall–Kier alpha value is -2.83. The van der Waals surface area contributed by atoms with Crippen LogP contribution in [0.2, 0.25) is 0 Å². The first-order valence-corrected chi connectivity index (χ1v) is 16.0. The van der Waals surface area contributed by atoms with E-state index < -0.39 is 10.0 Å². The van der Waals surface area contributed by atoms with Crippen molar-refractivity contribution in [2.75, 3.05) is 63.6 Å². The average molecular weight is 567 g/mol. The molecule has 0 spiro atoms. The molecule has 39 heavy (non-hydrogen) atoms. The molecule has 2 aliphatic rings. The molecular weight excluding hydrogens is 532 g/mol. The second-order valence-corrected chi connectivity index (χ2v) is 13.5. The maximum Gasteiger partial charge on any atom is 0.211 e. The molecule has 206 valence electrons. The van der Waals surface area contributed by atoms with Gasteiger partial charge in [0.25, 0.3) is 0 Å². The summed E-state index contributed by atoms with van der Waals surface area (Å²) in [6.07, 6.45) is 3.28. The Morgan fingerprint density at radius 3 is 2.49 bits per heavy atom. The van der Waals surface area contributed by atoms with Crippen molar-refractivity contribution in [2.45, 2.75) is 20.4 Å². The van der Waals surface area contributed by atoms with Gasteiger partial charge in [-0.1, -0.05) is 23.8 Å². The Balaban J connectivity index is 1.35. The van der Waals surface area contributed by atoms with Crippen LogP contribution in [0.1, 0.15) is 16.0 Å². The van der Waals surface area contributed by atoms with Gasteiger partial charge in [0.15, 0.2) is 5.82 Å². The van der Waals surface area contributed by atoms with Gasteiger partial charge in [0.2, 0.25) is 10.0 Å². The number of benzene rings is 1. The summed E-state index contributed by atoms with van der Waals surface area (Å²) in [6.45, 7) is 10.7. The number of piperazine rings is 1. The van der Waals surface area contributed by atoms with E-state index in [2.05, 4.69) is 54.0 Å². The third-order valence-corrected chi connectivity index (χ3v) is 10.2. The number of sulfonamides is 1. The van der Waals surface area contributed by atoms with Gasteiger partial charge in [-0.25, -0.2) is 18.1 Å². The Bertz CT molecular complexity index is 1600.